The Bertz CT molecular complexity index is 2760. The third-order valence-corrected chi connectivity index (χ3v) is 12.1. The molecule has 5 heteroatoms. The van der Waals surface area contributed by atoms with Crippen LogP contribution in [0.15, 0.2) is 158 Å². The van der Waals surface area contributed by atoms with E-state index in [0.717, 1.165) is 51.5 Å². The average molecular weight is 702 g/mol. The number of thiazole rings is 1. The molecule has 3 heterocycles. The summed E-state index contributed by atoms with van der Waals surface area (Å²) in [4.78, 5) is 16.5. The number of aromatic nitrogens is 3. The fourth-order valence-electron chi connectivity index (χ4n) is 7.04. The lowest BCUT2D eigenvalue weighted by Crippen LogP contribution is -1.96. The Labute approximate surface area is 310 Å². The number of nitrogens with zero attached hydrogens (tertiary/aromatic N) is 3. The van der Waals surface area contributed by atoms with E-state index >= 15 is 0 Å². The van der Waals surface area contributed by atoms with Gasteiger partial charge in [0.1, 0.15) is 5.01 Å². The van der Waals surface area contributed by atoms with Crippen LogP contribution in [0.5, 0.6) is 0 Å². The second kappa shape index (κ2) is 13.0. The zero-order valence-electron chi connectivity index (χ0n) is 28.2. The van der Waals surface area contributed by atoms with Crippen molar-refractivity contribution in [2.24, 2.45) is 0 Å². The highest BCUT2D eigenvalue weighted by atomic mass is 32.1. The van der Waals surface area contributed by atoms with Gasteiger partial charge in [0.15, 0.2) is 5.82 Å². The molecule has 0 amide bonds. The van der Waals surface area contributed by atoms with Gasteiger partial charge in [0.2, 0.25) is 0 Å². The van der Waals surface area contributed by atoms with Crippen molar-refractivity contribution < 1.29 is 0 Å². The molecule has 6 aromatic carbocycles. The molecular formula is C47H31N3S2. The average Bonchev–Trinajstić information content (AvgIpc) is 3.83. The monoisotopic (exact) mass is 701 g/mol. The fourth-order valence-corrected chi connectivity index (χ4v) is 9.24. The van der Waals surface area contributed by atoms with Crippen LogP contribution in [-0.2, 0) is 6.42 Å². The summed E-state index contributed by atoms with van der Waals surface area (Å²) in [5, 5.41) is 3.70. The first-order valence-corrected chi connectivity index (χ1v) is 19.2. The van der Waals surface area contributed by atoms with Gasteiger partial charge < -0.3 is 0 Å². The van der Waals surface area contributed by atoms with Crippen LogP contribution in [-0.4, -0.2) is 15.0 Å². The number of allylic oxidation sites excluding steroid dienone is 1. The Morgan fingerprint density at radius 2 is 1.00 bits per heavy atom. The minimum atomic E-state index is 0.703. The van der Waals surface area contributed by atoms with E-state index in [9.17, 15) is 0 Å². The number of hydrogen-bond acceptors (Lipinski definition) is 5. The Hall–Kier alpha value is -6.01. The lowest BCUT2D eigenvalue weighted by Gasteiger charge is -2.11. The Balaban J connectivity index is 1.01. The van der Waals surface area contributed by atoms with E-state index in [1.165, 1.54) is 53.0 Å². The summed E-state index contributed by atoms with van der Waals surface area (Å²) in [6.07, 6.45) is 6.53. The summed E-state index contributed by atoms with van der Waals surface area (Å²) in [6, 6.07) is 54.0. The number of aryl methyl sites for hydroxylation is 1. The van der Waals surface area contributed by atoms with E-state index in [1.807, 2.05) is 17.4 Å². The topological polar surface area (TPSA) is 38.7 Å². The number of fused-ring (bicyclic) bond motifs is 4. The summed E-state index contributed by atoms with van der Waals surface area (Å²) in [5.74, 6) is 0.703. The minimum absolute atomic E-state index is 0.703. The van der Waals surface area contributed by atoms with Gasteiger partial charge in [-0.2, -0.15) is 0 Å². The number of thiophene rings is 1. The molecule has 246 valence electrons. The highest BCUT2D eigenvalue weighted by Gasteiger charge is 2.15. The fraction of sp³-hybridized carbons (Fsp3) is 0.0426. The Kier molecular flexibility index (Phi) is 7.67. The van der Waals surface area contributed by atoms with Crippen LogP contribution in [0.1, 0.15) is 17.0 Å². The molecule has 0 saturated heterocycles. The highest BCUT2D eigenvalue weighted by Crippen LogP contribution is 2.38. The first-order chi connectivity index (χ1) is 25.7. The van der Waals surface area contributed by atoms with Crippen LogP contribution in [0, 0.1) is 0 Å². The van der Waals surface area contributed by atoms with Crippen molar-refractivity contribution in [2.45, 2.75) is 12.8 Å². The Morgan fingerprint density at radius 3 is 1.73 bits per heavy atom. The van der Waals surface area contributed by atoms with Crippen LogP contribution in [0.2, 0.25) is 0 Å². The third kappa shape index (κ3) is 5.74. The predicted molar refractivity (Wildman–Crippen MR) is 221 cm³/mol. The zero-order chi connectivity index (χ0) is 34.4. The molecule has 0 N–H and O–H groups in total. The first kappa shape index (κ1) is 30.8. The molecule has 0 fully saturated rings. The molecule has 0 bridgehead atoms. The normalized spacial score (nSPS) is 12.4. The third-order valence-electron chi connectivity index (χ3n) is 9.84. The largest absolute Gasteiger partial charge is 0.240 e. The molecule has 9 aromatic rings. The molecule has 1 aliphatic carbocycles. The molecule has 10 rings (SSSR count). The second-order valence-electron chi connectivity index (χ2n) is 13.1. The van der Waals surface area contributed by atoms with Gasteiger partial charge in [0.05, 0.1) is 22.0 Å². The summed E-state index contributed by atoms with van der Waals surface area (Å²) in [6.45, 7) is 0. The van der Waals surface area contributed by atoms with Crippen molar-refractivity contribution in [1.82, 2.24) is 15.0 Å². The van der Waals surface area contributed by atoms with Gasteiger partial charge in [-0.1, -0.05) is 140 Å². The van der Waals surface area contributed by atoms with E-state index in [4.69, 9.17) is 15.0 Å². The van der Waals surface area contributed by atoms with Crippen molar-refractivity contribution in [2.75, 3.05) is 0 Å². The molecule has 1 aliphatic rings. The van der Waals surface area contributed by atoms with Crippen LogP contribution >= 0.6 is 22.7 Å². The molecular weight excluding hydrogens is 671 g/mol. The van der Waals surface area contributed by atoms with Crippen LogP contribution < -0.4 is 0 Å². The Morgan fingerprint density at radius 1 is 0.423 bits per heavy atom. The molecule has 0 unspecified atom stereocenters. The zero-order valence-corrected chi connectivity index (χ0v) is 29.8. The first-order valence-electron chi connectivity index (χ1n) is 17.6. The number of hydrogen-bond donors (Lipinski definition) is 0. The van der Waals surface area contributed by atoms with E-state index in [1.54, 1.807) is 11.3 Å². The summed E-state index contributed by atoms with van der Waals surface area (Å²) in [7, 11) is 0. The van der Waals surface area contributed by atoms with Gasteiger partial charge in [0, 0.05) is 42.4 Å². The maximum Gasteiger partial charge on any atom is 0.160 e. The van der Waals surface area contributed by atoms with Crippen molar-refractivity contribution in [3.05, 3.63) is 168 Å². The van der Waals surface area contributed by atoms with Gasteiger partial charge >= 0.3 is 0 Å². The maximum atomic E-state index is 5.16. The van der Waals surface area contributed by atoms with Crippen LogP contribution in [0.3, 0.4) is 0 Å². The van der Waals surface area contributed by atoms with Gasteiger partial charge in [-0.05, 0) is 59.4 Å². The standard InChI is InChI=1S/C47H31N3S2/c1-2-8-30(9-3-1)31-14-18-33(19-15-31)41-29-42(34-20-24-36(25-21-34)47-50-40-11-5-7-13-44(40)52-47)49-46(48-41)35-22-16-32(17-23-35)37-26-27-39-38-10-4-6-12-43(38)51-45(39)28-37/h1-4,6-10,12-29H,5,11H2. The van der Waals surface area contributed by atoms with E-state index in [0.29, 0.717) is 5.82 Å². The summed E-state index contributed by atoms with van der Waals surface area (Å²) in [5.41, 5.74) is 12.0. The molecule has 0 atom stereocenters. The predicted octanol–water partition coefficient (Wildman–Crippen LogP) is 13.3. The smallest absolute Gasteiger partial charge is 0.160 e. The van der Waals surface area contributed by atoms with Crippen molar-refractivity contribution in [3.8, 4) is 66.7 Å². The number of rotatable bonds is 6. The summed E-state index contributed by atoms with van der Waals surface area (Å²) < 4.78 is 2.63. The van der Waals surface area contributed by atoms with Gasteiger partial charge in [-0.15, -0.1) is 22.7 Å². The maximum absolute atomic E-state index is 5.16. The van der Waals surface area contributed by atoms with Gasteiger partial charge in [-0.25, -0.2) is 15.0 Å². The molecule has 3 aromatic heterocycles. The lowest BCUT2D eigenvalue weighted by molar-refractivity contribution is 0.947. The SMILES string of the molecule is C1=Cc2sc(-c3ccc(-c4cc(-c5ccc(-c6ccccc6)cc5)nc(-c5ccc(-c6ccc7c(c6)sc6ccccc67)cc5)n4)cc3)nc2CC1. The van der Waals surface area contributed by atoms with Crippen molar-refractivity contribution in [1.29, 1.82) is 0 Å². The molecule has 0 spiro atoms. The van der Waals surface area contributed by atoms with E-state index in [2.05, 4.69) is 158 Å². The van der Waals surface area contributed by atoms with Crippen LogP contribution in [0.4, 0.5) is 0 Å². The molecule has 0 saturated carbocycles. The molecule has 0 aliphatic heterocycles. The second-order valence-corrected chi connectivity index (χ2v) is 15.3. The van der Waals surface area contributed by atoms with Crippen LogP contribution in [0.25, 0.3) is 93.0 Å². The highest BCUT2D eigenvalue weighted by molar-refractivity contribution is 7.25. The lowest BCUT2D eigenvalue weighted by atomic mass is 10.0. The van der Waals surface area contributed by atoms with Gasteiger partial charge in [-0.3, -0.25) is 0 Å². The summed E-state index contributed by atoms with van der Waals surface area (Å²) >= 11 is 3.62. The quantitative estimate of drug-likeness (QED) is 0.173. The molecule has 0 radical (unpaired) electrons. The minimum Gasteiger partial charge on any atom is -0.240 e. The van der Waals surface area contributed by atoms with E-state index in [-0.39, 0.29) is 0 Å². The van der Waals surface area contributed by atoms with E-state index < -0.39 is 0 Å². The molecule has 3 nitrogen and oxygen atoms in total. The van der Waals surface area contributed by atoms with Crippen molar-refractivity contribution >= 4 is 48.9 Å². The number of benzene rings is 6. The van der Waals surface area contributed by atoms with Crippen molar-refractivity contribution in [3.63, 3.8) is 0 Å². The van der Waals surface area contributed by atoms with Gasteiger partial charge in [0.25, 0.3) is 0 Å². The molecule has 52 heavy (non-hydrogen) atoms.